The van der Waals surface area contributed by atoms with Gasteiger partial charge in [0.15, 0.2) is 11.6 Å². The number of nitrogens with zero attached hydrogens (tertiary/aromatic N) is 1. The molecule has 29 heavy (non-hydrogen) atoms. The number of carbonyl (C=O) groups is 2. The molecule has 0 aliphatic heterocycles. The molecule has 3 heteroatoms. The zero-order valence-electron chi connectivity index (χ0n) is 18.7. The summed E-state index contributed by atoms with van der Waals surface area (Å²) < 4.78 is 0. The first kappa shape index (κ1) is 20.9. The second-order valence-corrected chi connectivity index (χ2v) is 7.68. The lowest BCUT2D eigenvalue weighted by atomic mass is 9.87. The topological polar surface area (TPSA) is 47.0 Å². The van der Waals surface area contributed by atoms with Gasteiger partial charge < -0.3 is 0 Å². The summed E-state index contributed by atoms with van der Waals surface area (Å²) in [5, 5.41) is 1.15. The minimum absolute atomic E-state index is 0.136. The Kier molecular flexibility index (Phi) is 5.44. The van der Waals surface area contributed by atoms with E-state index in [1.54, 1.807) is 24.3 Å². The van der Waals surface area contributed by atoms with Crippen LogP contribution in [0.15, 0.2) is 24.3 Å². The summed E-state index contributed by atoms with van der Waals surface area (Å²) in [6.07, 6.45) is 0. The van der Waals surface area contributed by atoms with Crippen LogP contribution in [0.2, 0.25) is 0 Å². The normalized spacial score (nSPS) is 13.5. The third-order valence-corrected chi connectivity index (χ3v) is 6.46. The number of benzene rings is 2. The first-order chi connectivity index (χ1) is 13.8. The first-order valence-corrected chi connectivity index (χ1v) is 10.3. The lowest BCUT2D eigenvalue weighted by Crippen LogP contribution is -2.17. The fourth-order valence-corrected chi connectivity index (χ4v) is 4.35. The number of hydrogen-bond donors (Lipinski definition) is 0. The van der Waals surface area contributed by atoms with Gasteiger partial charge in [-0.1, -0.05) is 38.1 Å². The number of fused-ring (bicyclic) bond motifs is 2. The Morgan fingerprint density at radius 3 is 1.62 bits per heavy atom. The van der Waals surface area contributed by atoms with Gasteiger partial charge in [0.2, 0.25) is 0 Å². The van der Waals surface area contributed by atoms with Crippen LogP contribution in [-0.2, 0) is 0 Å². The van der Waals surface area contributed by atoms with Crippen molar-refractivity contribution in [3.8, 4) is 0 Å². The van der Waals surface area contributed by atoms with Crippen LogP contribution in [-0.4, -0.2) is 16.6 Å². The van der Waals surface area contributed by atoms with E-state index in [4.69, 9.17) is 4.98 Å². The lowest BCUT2D eigenvalue weighted by Gasteiger charge is -2.20. The molecule has 0 fully saturated rings. The quantitative estimate of drug-likeness (QED) is 0.462. The Hall–Kier alpha value is -2.81. The molecular weight excluding hydrogens is 358 g/mol. The third kappa shape index (κ3) is 2.91. The molecule has 1 heterocycles. The molecule has 2 aromatic carbocycles. The summed E-state index contributed by atoms with van der Waals surface area (Å²) >= 11 is 0. The van der Waals surface area contributed by atoms with E-state index in [0.717, 1.165) is 27.6 Å². The van der Waals surface area contributed by atoms with E-state index in [9.17, 15) is 9.59 Å². The molecule has 1 aliphatic rings. The standard InChI is InChI=1S/C24H23NO2.C2H6/c1-11-12(2)15(5)21-19(13(11)3)14(4)16(6)22(25-21)20-23(26)17-9-7-8-10-18(17)24(20)27;1-2/h7-10,20H,1-6H3;1-2H3. The highest BCUT2D eigenvalue weighted by Gasteiger charge is 2.41. The predicted molar refractivity (Wildman–Crippen MR) is 119 cm³/mol. The van der Waals surface area contributed by atoms with E-state index >= 15 is 0 Å². The van der Waals surface area contributed by atoms with Crippen LogP contribution in [0.5, 0.6) is 0 Å². The average molecular weight is 388 g/mol. The van der Waals surface area contributed by atoms with Crippen LogP contribution < -0.4 is 0 Å². The molecular formula is C26H29NO2. The van der Waals surface area contributed by atoms with Crippen molar-refractivity contribution in [2.45, 2.75) is 61.3 Å². The van der Waals surface area contributed by atoms with Gasteiger partial charge in [0.25, 0.3) is 0 Å². The minimum Gasteiger partial charge on any atom is -0.293 e. The summed E-state index contributed by atoms with van der Waals surface area (Å²) in [4.78, 5) is 31.0. The SMILES string of the molecule is CC.Cc1c(C)c(C)c2c(C)c(C)c(C3C(=O)c4ccccc4C3=O)nc2c1C. The van der Waals surface area contributed by atoms with Crippen molar-refractivity contribution >= 4 is 22.5 Å². The molecule has 3 aromatic rings. The van der Waals surface area contributed by atoms with Crippen LogP contribution in [0.4, 0.5) is 0 Å². The van der Waals surface area contributed by atoms with Crippen LogP contribution in [0.3, 0.4) is 0 Å². The van der Waals surface area contributed by atoms with Gasteiger partial charge in [0.05, 0.1) is 11.2 Å². The molecule has 0 bridgehead atoms. The number of Topliss-reactive ketones (excluding diaryl/α,β-unsaturated/α-hetero) is 2. The summed E-state index contributed by atoms with van der Waals surface area (Å²) in [7, 11) is 0. The number of hydrogen-bond acceptors (Lipinski definition) is 3. The third-order valence-electron chi connectivity index (χ3n) is 6.46. The van der Waals surface area contributed by atoms with Crippen molar-refractivity contribution in [3.63, 3.8) is 0 Å². The Balaban J connectivity index is 0.00000117. The maximum absolute atomic E-state index is 13.0. The molecule has 0 radical (unpaired) electrons. The van der Waals surface area contributed by atoms with Gasteiger partial charge in [-0.2, -0.15) is 0 Å². The van der Waals surface area contributed by atoms with Crippen LogP contribution in [0.25, 0.3) is 10.9 Å². The Labute approximate surface area is 173 Å². The average Bonchev–Trinajstić information content (AvgIpc) is 2.99. The molecule has 150 valence electrons. The molecule has 0 unspecified atom stereocenters. The maximum atomic E-state index is 13.0. The highest BCUT2D eigenvalue weighted by atomic mass is 16.2. The van der Waals surface area contributed by atoms with Crippen molar-refractivity contribution in [2.75, 3.05) is 0 Å². The molecule has 0 spiro atoms. The summed E-state index contributed by atoms with van der Waals surface area (Å²) in [6, 6.07) is 7.08. The maximum Gasteiger partial charge on any atom is 0.180 e. The molecule has 0 saturated carbocycles. The van der Waals surface area contributed by atoms with Crippen molar-refractivity contribution in [3.05, 3.63) is 74.5 Å². The highest BCUT2D eigenvalue weighted by Crippen LogP contribution is 2.39. The van der Waals surface area contributed by atoms with E-state index in [1.165, 1.54) is 16.7 Å². The number of ketones is 2. The smallest absolute Gasteiger partial charge is 0.180 e. The molecule has 1 aromatic heterocycles. The van der Waals surface area contributed by atoms with Gasteiger partial charge in [0, 0.05) is 16.5 Å². The number of aryl methyl sites for hydroxylation is 3. The molecule has 4 rings (SSSR count). The van der Waals surface area contributed by atoms with Gasteiger partial charge in [0.1, 0.15) is 5.92 Å². The summed E-state index contributed by atoms with van der Waals surface area (Å²) in [5.41, 5.74) is 9.42. The second-order valence-electron chi connectivity index (χ2n) is 7.68. The van der Waals surface area contributed by atoms with Crippen LogP contribution in [0.1, 0.15) is 79.6 Å². The molecule has 0 saturated heterocycles. The molecule has 1 aliphatic carbocycles. The summed E-state index contributed by atoms with van der Waals surface area (Å²) in [6.45, 7) is 16.5. The summed E-state index contributed by atoms with van der Waals surface area (Å²) in [5.74, 6) is -1.10. The van der Waals surface area contributed by atoms with Crippen molar-refractivity contribution in [1.82, 2.24) is 4.98 Å². The number of pyridine rings is 1. The van der Waals surface area contributed by atoms with Crippen LogP contribution >= 0.6 is 0 Å². The molecule has 3 nitrogen and oxygen atoms in total. The fourth-order valence-electron chi connectivity index (χ4n) is 4.35. The highest BCUT2D eigenvalue weighted by molar-refractivity contribution is 6.29. The fraction of sp³-hybridized carbons (Fsp3) is 0.346. The zero-order chi connectivity index (χ0) is 21.6. The monoisotopic (exact) mass is 387 g/mol. The lowest BCUT2D eigenvalue weighted by molar-refractivity contribution is 0.0887. The number of carbonyl (C=O) groups excluding carboxylic acids is 2. The molecule has 0 N–H and O–H groups in total. The predicted octanol–water partition coefficient (Wildman–Crippen LogP) is 6.27. The van der Waals surface area contributed by atoms with E-state index in [1.807, 2.05) is 20.8 Å². The van der Waals surface area contributed by atoms with Crippen molar-refractivity contribution in [2.24, 2.45) is 0 Å². The van der Waals surface area contributed by atoms with E-state index < -0.39 is 5.92 Å². The van der Waals surface area contributed by atoms with Gasteiger partial charge in [-0.15, -0.1) is 0 Å². The van der Waals surface area contributed by atoms with E-state index in [2.05, 4.69) is 34.6 Å². The Morgan fingerprint density at radius 1 is 0.655 bits per heavy atom. The first-order valence-electron chi connectivity index (χ1n) is 10.3. The van der Waals surface area contributed by atoms with E-state index in [0.29, 0.717) is 16.8 Å². The van der Waals surface area contributed by atoms with Gasteiger partial charge in [-0.3, -0.25) is 14.6 Å². The zero-order valence-corrected chi connectivity index (χ0v) is 18.7. The largest absolute Gasteiger partial charge is 0.293 e. The van der Waals surface area contributed by atoms with Crippen molar-refractivity contribution < 1.29 is 9.59 Å². The second kappa shape index (κ2) is 7.55. The Morgan fingerprint density at radius 2 is 1.10 bits per heavy atom. The number of aromatic nitrogens is 1. The van der Waals surface area contributed by atoms with Crippen LogP contribution in [0, 0.1) is 41.5 Å². The molecule has 0 atom stereocenters. The van der Waals surface area contributed by atoms with Gasteiger partial charge in [-0.25, -0.2) is 0 Å². The van der Waals surface area contributed by atoms with Crippen molar-refractivity contribution in [1.29, 1.82) is 0 Å². The van der Waals surface area contributed by atoms with Gasteiger partial charge in [-0.05, 0) is 74.9 Å². The Bertz CT molecular complexity index is 1140. The number of rotatable bonds is 1. The van der Waals surface area contributed by atoms with E-state index in [-0.39, 0.29) is 11.6 Å². The molecule has 0 amide bonds. The van der Waals surface area contributed by atoms with Gasteiger partial charge >= 0.3 is 0 Å². The minimum atomic E-state index is -0.827.